The number of hydrogen-bond acceptors (Lipinski definition) is 3. The first-order valence-corrected chi connectivity index (χ1v) is 7.94. The lowest BCUT2D eigenvalue weighted by atomic mass is 10.1. The zero-order valence-corrected chi connectivity index (χ0v) is 14.6. The zero-order chi connectivity index (χ0) is 17.1. The number of rotatable bonds is 9. The Morgan fingerprint density at radius 2 is 1.91 bits per heavy atom. The van der Waals surface area contributed by atoms with E-state index in [-0.39, 0.29) is 6.61 Å². The van der Waals surface area contributed by atoms with Gasteiger partial charge in [0.2, 0.25) is 0 Å². The van der Waals surface area contributed by atoms with Gasteiger partial charge in [-0.2, -0.15) is 0 Å². The van der Waals surface area contributed by atoms with Gasteiger partial charge in [0.15, 0.2) is 11.5 Å². The lowest BCUT2D eigenvalue weighted by Gasteiger charge is -2.10. The van der Waals surface area contributed by atoms with Gasteiger partial charge in [-0.1, -0.05) is 35.4 Å². The second-order valence-corrected chi connectivity index (χ2v) is 5.68. The van der Waals surface area contributed by atoms with Gasteiger partial charge in [-0.05, 0) is 57.4 Å². The second kappa shape index (κ2) is 10.7. The molecule has 1 N–H and O–H groups in total. The fraction of sp³-hybridized carbons (Fsp3) is 0.400. The highest BCUT2D eigenvalue weighted by Gasteiger charge is 2.04. The third-order valence-corrected chi connectivity index (χ3v) is 3.37. The maximum atomic E-state index is 8.82. The quantitative estimate of drug-likeness (QED) is 0.667. The van der Waals surface area contributed by atoms with Crippen molar-refractivity contribution >= 4 is 6.08 Å². The minimum absolute atomic E-state index is 0.0252. The molecule has 0 aliphatic carbocycles. The van der Waals surface area contributed by atoms with Gasteiger partial charge in [0.1, 0.15) is 6.61 Å². The zero-order valence-electron chi connectivity index (χ0n) is 14.6. The van der Waals surface area contributed by atoms with Crippen LogP contribution in [0.3, 0.4) is 0 Å². The van der Waals surface area contributed by atoms with Crippen LogP contribution in [0.1, 0.15) is 39.2 Å². The summed E-state index contributed by atoms with van der Waals surface area (Å²) in [4.78, 5) is 0. The highest BCUT2D eigenvalue weighted by molar-refractivity contribution is 5.55. The highest BCUT2D eigenvalue weighted by Crippen LogP contribution is 2.28. The molecule has 0 unspecified atom stereocenters. The number of hydrogen-bond donors (Lipinski definition) is 1. The lowest BCUT2D eigenvalue weighted by Crippen LogP contribution is -1.98. The molecule has 1 aromatic rings. The molecule has 0 bridgehead atoms. The van der Waals surface area contributed by atoms with Crippen molar-refractivity contribution in [2.24, 2.45) is 0 Å². The molecular formula is C20H28O3. The first-order chi connectivity index (χ1) is 11.1. The maximum Gasteiger partial charge on any atom is 0.161 e. The van der Waals surface area contributed by atoms with Gasteiger partial charge in [0, 0.05) is 0 Å². The van der Waals surface area contributed by atoms with Crippen molar-refractivity contribution in [1.82, 2.24) is 0 Å². The van der Waals surface area contributed by atoms with Crippen LogP contribution in [0.15, 0.2) is 47.6 Å². The van der Waals surface area contributed by atoms with Crippen LogP contribution >= 0.6 is 0 Å². The molecule has 0 radical (unpaired) electrons. The summed E-state index contributed by atoms with van der Waals surface area (Å²) in [7, 11) is 1.63. The maximum absolute atomic E-state index is 8.82. The van der Waals surface area contributed by atoms with E-state index in [1.54, 1.807) is 13.2 Å². The van der Waals surface area contributed by atoms with E-state index in [0.29, 0.717) is 12.4 Å². The van der Waals surface area contributed by atoms with Gasteiger partial charge in [0.05, 0.1) is 13.7 Å². The summed E-state index contributed by atoms with van der Waals surface area (Å²) in [5, 5.41) is 8.82. The second-order valence-electron chi connectivity index (χ2n) is 5.68. The van der Waals surface area contributed by atoms with E-state index in [1.165, 1.54) is 11.1 Å². The number of benzene rings is 1. The molecule has 0 saturated heterocycles. The molecule has 23 heavy (non-hydrogen) atoms. The first kappa shape index (κ1) is 19.0. The number of aliphatic hydroxyl groups is 1. The Labute approximate surface area is 139 Å². The summed E-state index contributed by atoms with van der Waals surface area (Å²) in [5.74, 6) is 1.42. The molecule has 0 fully saturated rings. The Morgan fingerprint density at radius 3 is 2.57 bits per heavy atom. The normalized spacial score (nSPS) is 11.6. The monoisotopic (exact) mass is 316 g/mol. The summed E-state index contributed by atoms with van der Waals surface area (Å²) in [6.07, 6.45) is 10.0. The standard InChI is InChI=1S/C20H28O3/c1-16(2)7-5-8-17(3)12-14-23-19-11-10-18(9-6-13-21)15-20(19)22-4/h6-7,9-12,15,21H,5,8,13-14H2,1-4H3/b9-6-,17-12-. The van der Waals surface area contributed by atoms with Crippen LogP contribution < -0.4 is 9.47 Å². The van der Waals surface area contributed by atoms with Crippen LogP contribution in [-0.2, 0) is 0 Å². The van der Waals surface area contributed by atoms with E-state index in [0.717, 1.165) is 24.2 Å². The molecule has 0 aliphatic rings. The highest BCUT2D eigenvalue weighted by atomic mass is 16.5. The summed E-state index contributed by atoms with van der Waals surface area (Å²) >= 11 is 0. The van der Waals surface area contributed by atoms with E-state index in [9.17, 15) is 0 Å². The Kier molecular flexibility index (Phi) is 8.85. The average Bonchev–Trinajstić information content (AvgIpc) is 2.53. The van der Waals surface area contributed by atoms with Crippen LogP contribution in [-0.4, -0.2) is 25.4 Å². The number of aliphatic hydroxyl groups excluding tert-OH is 1. The third-order valence-electron chi connectivity index (χ3n) is 3.37. The van der Waals surface area contributed by atoms with Crippen LogP contribution in [0, 0.1) is 0 Å². The number of ether oxygens (including phenoxy) is 2. The molecule has 0 heterocycles. The average molecular weight is 316 g/mol. The van der Waals surface area contributed by atoms with Gasteiger partial charge in [0.25, 0.3) is 0 Å². The molecule has 0 aromatic heterocycles. The molecule has 3 nitrogen and oxygen atoms in total. The summed E-state index contributed by atoms with van der Waals surface area (Å²) in [5.41, 5.74) is 3.65. The van der Waals surface area contributed by atoms with Crippen LogP contribution in [0.2, 0.25) is 0 Å². The topological polar surface area (TPSA) is 38.7 Å². The predicted molar refractivity (Wildman–Crippen MR) is 97.0 cm³/mol. The molecular weight excluding hydrogens is 288 g/mol. The minimum atomic E-state index is 0.0252. The largest absolute Gasteiger partial charge is 0.493 e. The van der Waals surface area contributed by atoms with Crippen molar-refractivity contribution in [3.8, 4) is 11.5 Å². The lowest BCUT2D eigenvalue weighted by molar-refractivity contribution is 0.325. The fourth-order valence-electron chi connectivity index (χ4n) is 2.06. The minimum Gasteiger partial charge on any atom is -0.493 e. The van der Waals surface area contributed by atoms with E-state index in [2.05, 4.69) is 32.9 Å². The SMILES string of the molecule is COc1cc(/C=C\CO)ccc1OC/C=C(/C)CCC=C(C)C. The van der Waals surface area contributed by atoms with Crippen molar-refractivity contribution in [2.45, 2.75) is 33.6 Å². The Morgan fingerprint density at radius 1 is 1.13 bits per heavy atom. The first-order valence-electron chi connectivity index (χ1n) is 7.94. The van der Waals surface area contributed by atoms with Gasteiger partial charge < -0.3 is 14.6 Å². The van der Waals surface area contributed by atoms with E-state index in [1.807, 2.05) is 24.3 Å². The Hall–Kier alpha value is -2.00. The van der Waals surface area contributed by atoms with Gasteiger partial charge >= 0.3 is 0 Å². The molecule has 0 atom stereocenters. The molecule has 126 valence electrons. The van der Waals surface area contributed by atoms with Gasteiger partial charge in [-0.3, -0.25) is 0 Å². The smallest absolute Gasteiger partial charge is 0.161 e. The predicted octanol–water partition coefficient (Wildman–Crippen LogP) is 4.77. The molecule has 0 spiro atoms. The van der Waals surface area contributed by atoms with Crippen molar-refractivity contribution in [2.75, 3.05) is 20.3 Å². The fourth-order valence-corrected chi connectivity index (χ4v) is 2.06. The molecule has 1 aromatic carbocycles. The Balaban J connectivity index is 2.60. The van der Waals surface area contributed by atoms with E-state index >= 15 is 0 Å². The van der Waals surface area contributed by atoms with E-state index in [4.69, 9.17) is 14.6 Å². The third kappa shape index (κ3) is 7.71. The van der Waals surface area contributed by atoms with Crippen molar-refractivity contribution in [1.29, 1.82) is 0 Å². The molecule has 0 amide bonds. The van der Waals surface area contributed by atoms with Crippen molar-refractivity contribution < 1.29 is 14.6 Å². The van der Waals surface area contributed by atoms with Gasteiger partial charge in [-0.25, -0.2) is 0 Å². The number of allylic oxidation sites excluding steroid dienone is 3. The summed E-state index contributed by atoms with van der Waals surface area (Å²) in [6, 6.07) is 5.73. The molecule has 0 saturated carbocycles. The Bertz CT molecular complexity index is 564. The van der Waals surface area contributed by atoms with E-state index < -0.39 is 0 Å². The summed E-state index contributed by atoms with van der Waals surface area (Å²) in [6.45, 7) is 6.92. The number of methoxy groups -OCH3 is 1. The molecule has 1 rings (SSSR count). The molecule has 3 heteroatoms. The van der Waals surface area contributed by atoms with Crippen LogP contribution in [0.5, 0.6) is 11.5 Å². The van der Waals surface area contributed by atoms with Crippen molar-refractivity contribution in [3.05, 3.63) is 53.1 Å². The summed E-state index contributed by atoms with van der Waals surface area (Å²) < 4.78 is 11.2. The molecule has 0 aliphatic heterocycles. The van der Waals surface area contributed by atoms with Crippen LogP contribution in [0.25, 0.3) is 6.08 Å². The van der Waals surface area contributed by atoms with Crippen molar-refractivity contribution in [3.63, 3.8) is 0 Å². The van der Waals surface area contributed by atoms with Crippen LogP contribution in [0.4, 0.5) is 0 Å². The van der Waals surface area contributed by atoms with Gasteiger partial charge in [-0.15, -0.1) is 0 Å².